The fraction of sp³-hybridized carbons (Fsp3) is 0.333. The summed E-state index contributed by atoms with van der Waals surface area (Å²) in [5.41, 5.74) is 0.556. The van der Waals surface area contributed by atoms with Gasteiger partial charge in [-0.15, -0.1) is 0 Å². The molecule has 0 radical (unpaired) electrons. The average Bonchev–Trinajstić information content (AvgIpc) is 2.59. The van der Waals surface area contributed by atoms with Crippen LogP contribution in [0.5, 0.6) is 0 Å². The van der Waals surface area contributed by atoms with Gasteiger partial charge in [-0.2, -0.15) is 0 Å². The highest BCUT2D eigenvalue weighted by molar-refractivity contribution is 5.89. The van der Waals surface area contributed by atoms with Crippen molar-refractivity contribution in [3.63, 3.8) is 0 Å². The van der Waals surface area contributed by atoms with E-state index in [-0.39, 0.29) is 5.91 Å². The van der Waals surface area contributed by atoms with Crippen molar-refractivity contribution in [2.75, 3.05) is 6.61 Å². The number of ether oxygens (including phenoxy) is 1. The summed E-state index contributed by atoms with van der Waals surface area (Å²) >= 11 is 0. The van der Waals surface area contributed by atoms with Crippen LogP contribution >= 0.6 is 0 Å². The van der Waals surface area contributed by atoms with Gasteiger partial charge in [0.2, 0.25) is 5.91 Å². The van der Waals surface area contributed by atoms with E-state index in [9.17, 15) is 14.7 Å². The van der Waals surface area contributed by atoms with Crippen molar-refractivity contribution in [3.05, 3.63) is 48.0 Å². The fourth-order valence-electron chi connectivity index (χ4n) is 2.86. The Morgan fingerprint density at radius 2 is 1.91 bits per heavy atom. The van der Waals surface area contributed by atoms with Crippen LogP contribution in [0.2, 0.25) is 0 Å². The number of nitrogens with one attached hydrogen (secondary N) is 1. The van der Waals surface area contributed by atoms with E-state index in [1.54, 1.807) is 12.1 Å². The summed E-state index contributed by atoms with van der Waals surface area (Å²) in [4.78, 5) is 23.8. The number of amides is 1. The lowest BCUT2D eigenvalue weighted by Gasteiger charge is -2.24. The monoisotopic (exact) mass is 313 g/mol. The molecule has 5 nitrogen and oxygen atoms in total. The minimum absolute atomic E-state index is 0.356. The van der Waals surface area contributed by atoms with Crippen molar-refractivity contribution in [1.29, 1.82) is 0 Å². The molecule has 1 saturated heterocycles. The third kappa shape index (κ3) is 3.51. The number of rotatable bonds is 4. The highest BCUT2D eigenvalue weighted by Gasteiger charge is 2.28. The molecule has 0 aromatic heterocycles. The molecule has 2 aromatic carbocycles. The Hall–Kier alpha value is -2.40. The number of benzene rings is 2. The van der Waals surface area contributed by atoms with E-state index in [0.29, 0.717) is 18.6 Å². The minimum Gasteiger partial charge on any atom is -0.479 e. The van der Waals surface area contributed by atoms with Gasteiger partial charge in [-0.05, 0) is 41.7 Å². The van der Waals surface area contributed by atoms with E-state index in [1.807, 2.05) is 30.3 Å². The standard InChI is InChI=1S/C18H19NO4/c20-17(15-7-3-4-10-23-15)19-16(18(21)22)14-9-8-12-5-1-2-6-13(12)11-14/h1-2,5-6,8-9,11,15-16H,3-4,7,10H2,(H,19,20)(H,21,22). The molecular formula is C18H19NO4. The molecule has 0 bridgehead atoms. The van der Waals surface area contributed by atoms with Gasteiger partial charge in [0.25, 0.3) is 0 Å². The van der Waals surface area contributed by atoms with Crippen molar-refractivity contribution in [3.8, 4) is 0 Å². The molecule has 23 heavy (non-hydrogen) atoms. The molecule has 3 rings (SSSR count). The van der Waals surface area contributed by atoms with Gasteiger partial charge in [-0.25, -0.2) is 4.79 Å². The van der Waals surface area contributed by atoms with Gasteiger partial charge in [-0.1, -0.05) is 36.4 Å². The van der Waals surface area contributed by atoms with Crippen LogP contribution in [0.15, 0.2) is 42.5 Å². The van der Waals surface area contributed by atoms with Gasteiger partial charge in [0, 0.05) is 6.61 Å². The topological polar surface area (TPSA) is 75.6 Å². The molecule has 0 spiro atoms. The maximum absolute atomic E-state index is 12.3. The zero-order valence-corrected chi connectivity index (χ0v) is 12.7. The third-order valence-corrected chi connectivity index (χ3v) is 4.11. The van der Waals surface area contributed by atoms with Gasteiger partial charge >= 0.3 is 5.97 Å². The molecule has 2 atom stereocenters. The number of carbonyl (C=O) groups excluding carboxylic acids is 1. The Kier molecular flexibility index (Phi) is 4.57. The Balaban J connectivity index is 1.82. The van der Waals surface area contributed by atoms with Crippen molar-refractivity contribution in [2.45, 2.75) is 31.4 Å². The lowest BCUT2D eigenvalue weighted by Crippen LogP contribution is -2.42. The molecule has 0 saturated carbocycles. The number of carboxylic acid groups (broad SMARTS) is 1. The molecule has 1 heterocycles. The first-order valence-corrected chi connectivity index (χ1v) is 7.78. The predicted octanol–water partition coefficient (Wildman–Crippen LogP) is 2.65. The zero-order chi connectivity index (χ0) is 16.2. The smallest absolute Gasteiger partial charge is 0.330 e. The highest BCUT2D eigenvalue weighted by atomic mass is 16.5. The van der Waals surface area contributed by atoms with Crippen LogP contribution in [0.25, 0.3) is 10.8 Å². The van der Waals surface area contributed by atoms with E-state index in [4.69, 9.17) is 4.74 Å². The van der Waals surface area contributed by atoms with Gasteiger partial charge in [0.05, 0.1) is 0 Å². The van der Waals surface area contributed by atoms with Crippen LogP contribution in [0.1, 0.15) is 30.9 Å². The third-order valence-electron chi connectivity index (χ3n) is 4.11. The Labute approximate surface area is 134 Å². The van der Waals surface area contributed by atoms with Crippen LogP contribution < -0.4 is 5.32 Å². The van der Waals surface area contributed by atoms with Crippen LogP contribution in [0, 0.1) is 0 Å². The first-order valence-electron chi connectivity index (χ1n) is 7.78. The quantitative estimate of drug-likeness (QED) is 0.910. The number of hydrogen-bond acceptors (Lipinski definition) is 3. The van der Waals surface area contributed by atoms with Crippen molar-refractivity contribution in [1.82, 2.24) is 5.32 Å². The number of carboxylic acids is 1. The molecule has 1 aliphatic rings. The van der Waals surface area contributed by atoms with Crippen LogP contribution in [0.3, 0.4) is 0 Å². The summed E-state index contributed by atoms with van der Waals surface area (Å²) < 4.78 is 5.42. The summed E-state index contributed by atoms with van der Waals surface area (Å²) in [6, 6.07) is 12.0. The molecule has 2 N–H and O–H groups in total. The first kappa shape index (κ1) is 15.5. The van der Waals surface area contributed by atoms with Gasteiger partial charge < -0.3 is 15.2 Å². The molecule has 5 heteroatoms. The Morgan fingerprint density at radius 3 is 2.61 bits per heavy atom. The largest absolute Gasteiger partial charge is 0.479 e. The van der Waals surface area contributed by atoms with Gasteiger partial charge in [0.1, 0.15) is 6.10 Å². The minimum atomic E-state index is -1.08. The van der Waals surface area contributed by atoms with E-state index in [2.05, 4.69) is 5.32 Å². The maximum Gasteiger partial charge on any atom is 0.330 e. The number of hydrogen-bond donors (Lipinski definition) is 2. The van der Waals surface area contributed by atoms with Crippen LogP contribution in [-0.4, -0.2) is 29.7 Å². The van der Waals surface area contributed by atoms with E-state index < -0.39 is 18.1 Å². The molecule has 2 aromatic rings. The summed E-state index contributed by atoms with van der Waals surface area (Å²) in [6.45, 7) is 0.547. The molecule has 1 aliphatic heterocycles. The fourth-order valence-corrected chi connectivity index (χ4v) is 2.86. The lowest BCUT2D eigenvalue weighted by atomic mass is 10.0. The van der Waals surface area contributed by atoms with E-state index >= 15 is 0 Å². The van der Waals surface area contributed by atoms with Gasteiger partial charge in [0.15, 0.2) is 6.04 Å². The van der Waals surface area contributed by atoms with Gasteiger partial charge in [-0.3, -0.25) is 4.79 Å². The number of fused-ring (bicyclic) bond motifs is 1. The number of aliphatic carboxylic acids is 1. The summed E-state index contributed by atoms with van der Waals surface area (Å²) in [7, 11) is 0. The second kappa shape index (κ2) is 6.79. The summed E-state index contributed by atoms with van der Waals surface area (Å²) in [5.74, 6) is -1.44. The normalized spacial score (nSPS) is 19.2. The highest BCUT2D eigenvalue weighted by Crippen LogP contribution is 2.22. The molecule has 2 unspecified atom stereocenters. The Morgan fingerprint density at radius 1 is 1.13 bits per heavy atom. The maximum atomic E-state index is 12.3. The van der Waals surface area contributed by atoms with Crippen molar-refractivity contribution < 1.29 is 19.4 Å². The number of carbonyl (C=O) groups is 2. The molecule has 120 valence electrons. The van der Waals surface area contributed by atoms with E-state index in [1.165, 1.54) is 0 Å². The second-order valence-corrected chi connectivity index (χ2v) is 5.74. The summed E-state index contributed by atoms with van der Waals surface area (Å²) in [5, 5.41) is 14.1. The lowest BCUT2D eigenvalue weighted by molar-refractivity contribution is -0.145. The predicted molar refractivity (Wildman–Crippen MR) is 86.1 cm³/mol. The SMILES string of the molecule is O=C(NC(C(=O)O)c1ccc2ccccc2c1)C1CCCCO1. The Bertz CT molecular complexity index is 722. The second-order valence-electron chi connectivity index (χ2n) is 5.74. The first-order chi connectivity index (χ1) is 11.1. The van der Waals surface area contributed by atoms with Crippen LogP contribution in [-0.2, 0) is 14.3 Å². The molecule has 1 fully saturated rings. The average molecular weight is 313 g/mol. The molecule has 0 aliphatic carbocycles. The van der Waals surface area contributed by atoms with Crippen molar-refractivity contribution in [2.24, 2.45) is 0 Å². The van der Waals surface area contributed by atoms with E-state index in [0.717, 1.165) is 23.6 Å². The van der Waals surface area contributed by atoms with Crippen LogP contribution in [0.4, 0.5) is 0 Å². The molecular weight excluding hydrogens is 294 g/mol. The van der Waals surface area contributed by atoms with Crippen molar-refractivity contribution >= 4 is 22.6 Å². The zero-order valence-electron chi connectivity index (χ0n) is 12.7. The molecule has 1 amide bonds. The summed E-state index contributed by atoms with van der Waals surface area (Å²) in [6.07, 6.45) is 1.95.